The fourth-order valence-electron chi connectivity index (χ4n) is 2.69. The molecular formula is C18H13ClN2. The van der Waals surface area contributed by atoms with E-state index in [2.05, 4.69) is 46.6 Å². The average Bonchev–Trinajstić information content (AvgIpc) is 2.53. The molecular weight excluding hydrogens is 280 g/mol. The Balaban J connectivity index is 1.95. The van der Waals surface area contributed by atoms with Crippen LogP contribution in [0.3, 0.4) is 0 Å². The molecule has 0 spiro atoms. The highest BCUT2D eigenvalue weighted by Gasteiger charge is 2.22. The first-order valence-corrected chi connectivity index (χ1v) is 7.21. The molecule has 1 heterocycles. The van der Waals surface area contributed by atoms with Crippen LogP contribution in [0, 0.1) is 0 Å². The molecule has 0 aromatic heterocycles. The highest BCUT2D eigenvalue weighted by molar-refractivity contribution is 6.30. The van der Waals surface area contributed by atoms with E-state index >= 15 is 0 Å². The van der Waals surface area contributed by atoms with E-state index in [4.69, 9.17) is 11.6 Å². The summed E-state index contributed by atoms with van der Waals surface area (Å²) in [7, 11) is 0. The van der Waals surface area contributed by atoms with Gasteiger partial charge < -0.3 is 10.2 Å². The van der Waals surface area contributed by atoms with Crippen LogP contribution < -0.4 is 10.2 Å². The highest BCUT2D eigenvalue weighted by Crippen LogP contribution is 2.47. The average molecular weight is 293 g/mol. The molecule has 1 N–H and O–H groups in total. The summed E-state index contributed by atoms with van der Waals surface area (Å²) in [5.74, 6) is 0. The molecule has 0 atom stereocenters. The molecule has 1 aliphatic heterocycles. The molecule has 0 fully saturated rings. The summed E-state index contributed by atoms with van der Waals surface area (Å²) in [5, 5.41) is 4.23. The Morgan fingerprint density at radius 2 is 1.19 bits per heavy atom. The van der Waals surface area contributed by atoms with Gasteiger partial charge in [0.05, 0.1) is 22.7 Å². The topological polar surface area (TPSA) is 15.3 Å². The zero-order valence-electron chi connectivity index (χ0n) is 11.3. The second kappa shape index (κ2) is 4.83. The van der Waals surface area contributed by atoms with Crippen molar-refractivity contribution in [2.45, 2.75) is 0 Å². The molecule has 102 valence electrons. The Bertz CT molecular complexity index is 751. The van der Waals surface area contributed by atoms with Crippen LogP contribution >= 0.6 is 11.6 Å². The minimum absolute atomic E-state index is 0.746. The van der Waals surface area contributed by atoms with E-state index < -0.39 is 0 Å². The van der Waals surface area contributed by atoms with E-state index in [0.717, 1.165) is 33.5 Å². The second-order valence-corrected chi connectivity index (χ2v) is 5.41. The molecule has 0 saturated heterocycles. The van der Waals surface area contributed by atoms with Crippen molar-refractivity contribution in [1.29, 1.82) is 0 Å². The fraction of sp³-hybridized carbons (Fsp3) is 0. The van der Waals surface area contributed by atoms with Crippen molar-refractivity contribution in [2.75, 3.05) is 10.2 Å². The molecule has 3 aromatic rings. The predicted molar refractivity (Wildman–Crippen MR) is 89.4 cm³/mol. The smallest absolute Gasteiger partial charge is 0.0697 e. The highest BCUT2D eigenvalue weighted by atomic mass is 35.5. The van der Waals surface area contributed by atoms with E-state index in [1.54, 1.807) is 0 Å². The van der Waals surface area contributed by atoms with E-state index in [-0.39, 0.29) is 0 Å². The van der Waals surface area contributed by atoms with Crippen LogP contribution in [-0.4, -0.2) is 0 Å². The third-order valence-electron chi connectivity index (χ3n) is 3.64. The van der Waals surface area contributed by atoms with E-state index in [1.807, 2.05) is 36.4 Å². The van der Waals surface area contributed by atoms with Gasteiger partial charge in [0.25, 0.3) is 0 Å². The van der Waals surface area contributed by atoms with Gasteiger partial charge in [0.1, 0.15) is 0 Å². The zero-order valence-corrected chi connectivity index (χ0v) is 12.0. The van der Waals surface area contributed by atoms with E-state index in [1.165, 1.54) is 0 Å². The molecule has 4 rings (SSSR count). The molecule has 0 amide bonds. The van der Waals surface area contributed by atoms with Crippen molar-refractivity contribution in [1.82, 2.24) is 0 Å². The van der Waals surface area contributed by atoms with Gasteiger partial charge in [-0.1, -0.05) is 35.9 Å². The van der Waals surface area contributed by atoms with Gasteiger partial charge in [0.2, 0.25) is 0 Å². The zero-order chi connectivity index (χ0) is 14.2. The van der Waals surface area contributed by atoms with Gasteiger partial charge in [-0.3, -0.25) is 0 Å². The Morgan fingerprint density at radius 1 is 0.667 bits per heavy atom. The van der Waals surface area contributed by atoms with Gasteiger partial charge in [0.15, 0.2) is 0 Å². The van der Waals surface area contributed by atoms with E-state index in [9.17, 15) is 0 Å². The summed E-state index contributed by atoms with van der Waals surface area (Å²) < 4.78 is 0. The third-order valence-corrected chi connectivity index (χ3v) is 3.90. The van der Waals surface area contributed by atoms with Gasteiger partial charge >= 0.3 is 0 Å². The lowest BCUT2D eigenvalue weighted by Gasteiger charge is -2.33. The maximum absolute atomic E-state index is 6.02. The molecule has 21 heavy (non-hydrogen) atoms. The largest absolute Gasteiger partial charge is 0.352 e. The van der Waals surface area contributed by atoms with Gasteiger partial charge in [0, 0.05) is 10.7 Å². The number of nitrogens with zero attached hydrogens (tertiary/aromatic N) is 1. The van der Waals surface area contributed by atoms with Crippen LogP contribution in [0.4, 0.5) is 28.4 Å². The van der Waals surface area contributed by atoms with Crippen molar-refractivity contribution in [2.24, 2.45) is 0 Å². The minimum Gasteiger partial charge on any atom is -0.352 e. The van der Waals surface area contributed by atoms with Crippen LogP contribution in [0.2, 0.25) is 5.02 Å². The summed E-state index contributed by atoms with van der Waals surface area (Å²) in [6.45, 7) is 0. The molecule has 1 aliphatic rings. The number of benzene rings is 3. The Hall–Kier alpha value is -2.45. The molecule has 3 aromatic carbocycles. The number of hydrogen-bond donors (Lipinski definition) is 1. The van der Waals surface area contributed by atoms with Crippen LogP contribution in [0.15, 0.2) is 72.8 Å². The van der Waals surface area contributed by atoms with Crippen molar-refractivity contribution >= 4 is 40.0 Å². The lowest BCUT2D eigenvalue weighted by atomic mass is 10.1. The number of halogens is 1. The first-order chi connectivity index (χ1) is 10.3. The van der Waals surface area contributed by atoms with Crippen LogP contribution in [0.5, 0.6) is 0 Å². The summed E-state index contributed by atoms with van der Waals surface area (Å²) in [5.41, 5.74) is 5.58. The van der Waals surface area contributed by atoms with E-state index in [0.29, 0.717) is 0 Å². The molecule has 0 saturated carbocycles. The van der Waals surface area contributed by atoms with Crippen molar-refractivity contribution < 1.29 is 0 Å². The quantitative estimate of drug-likeness (QED) is 0.472. The molecule has 0 unspecified atom stereocenters. The van der Waals surface area contributed by atoms with Crippen molar-refractivity contribution in [3.8, 4) is 0 Å². The second-order valence-electron chi connectivity index (χ2n) is 4.97. The third kappa shape index (κ3) is 2.05. The van der Waals surface area contributed by atoms with Crippen molar-refractivity contribution in [3.63, 3.8) is 0 Å². The first kappa shape index (κ1) is 12.3. The normalized spacial score (nSPS) is 12.3. The number of rotatable bonds is 1. The minimum atomic E-state index is 0.746. The van der Waals surface area contributed by atoms with Crippen molar-refractivity contribution in [3.05, 3.63) is 77.8 Å². The van der Waals surface area contributed by atoms with Gasteiger partial charge in [-0.25, -0.2) is 0 Å². The number of para-hydroxylation sites is 4. The van der Waals surface area contributed by atoms with Gasteiger partial charge in [-0.05, 0) is 48.5 Å². The maximum atomic E-state index is 6.02. The Labute approximate surface area is 128 Å². The number of nitrogens with one attached hydrogen (secondary N) is 1. The van der Waals surface area contributed by atoms with Crippen LogP contribution in [0.1, 0.15) is 0 Å². The van der Waals surface area contributed by atoms with Gasteiger partial charge in [-0.2, -0.15) is 0 Å². The lowest BCUT2D eigenvalue weighted by molar-refractivity contribution is 1.25. The predicted octanol–water partition coefficient (Wildman–Crippen LogP) is 5.87. The summed E-state index contributed by atoms with van der Waals surface area (Å²) >= 11 is 6.02. The fourth-order valence-corrected chi connectivity index (χ4v) is 2.82. The monoisotopic (exact) mass is 292 g/mol. The Morgan fingerprint density at radius 3 is 1.76 bits per heavy atom. The Kier molecular flexibility index (Phi) is 2.83. The summed E-state index contributed by atoms with van der Waals surface area (Å²) in [6, 6.07) is 24.5. The SMILES string of the molecule is Clc1ccc(N2c3ccccc3Nc3ccccc32)cc1. The first-order valence-electron chi connectivity index (χ1n) is 6.84. The number of hydrogen-bond acceptors (Lipinski definition) is 2. The number of fused-ring (bicyclic) bond motifs is 2. The van der Waals surface area contributed by atoms with Crippen LogP contribution in [-0.2, 0) is 0 Å². The van der Waals surface area contributed by atoms with Gasteiger partial charge in [-0.15, -0.1) is 0 Å². The number of anilines is 5. The molecule has 0 bridgehead atoms. The lowest BCUT2D eigenvalue weighted by Crippen LogP contribution is -2.17. The summed E-state index contributed by atoms with van der Waals surface area (Å²) in [6.07, 6.45) is 0. The molecule has 2 nitrogen and oxygen atoms in total. The summed E-state index contributed by atoms with van der Waals surface area (Å²) in [4.78, 5) is 2.25. The molecule has 0 radical (unpaired) electrons. The molecule has 3 heteroatoms. The molecule has 0 aliphatic carbocycles. The maximum Gasteiger partial charge on any atom is 0.0697 e. The van der Waals surface area contributed by atoms with Crippen LogP contribution in [0.25, 0.3) is 0 Å². The standard InChI is InChI=1S/C18H13ClN2/c19-13-9-11-14(12-10-13)21-17-7-3-1-5-15(17)20-16-6-2-4-8-18(16)21/h1-12,20H.